The lowest BCUT2D eigenvalue weighted by Gasteiger charge is -2.15. The Balaban J connectivity index is 1.79. The van der Waals surface area contributed by atoms with E-state index in [0.717, 1.165) is 16.1 Å². The lowest BCUT2D eigenvalue weighted by atomic mass is 10.2. The summed E-state index contributed by atoms with van der Waals surface area (Å²) in [6.07, 6.45) is 0.496. The molecule has 0 saturated heterocycles. The maximum Gasteiger partial charge on any atom is 0.266 e. The van der Waals surface area contributed by atoms with Gasteiger partial charge in [0.05, 0.1) is 22.6 Å². The molecule has 4 aromatic heterocycles. The molecule has 5 aromatic rings. The number of benzene rings is 1. The molecule has 1 atom stereocenters. The van der Waals surface area contributed by atoms with Crippen LogP contribution in [-0.4, -0.2) is 34.4 Å². The van der Waals surface area contributed by atoms with Crippen LogP contribution in [0.4, 0.5) is 5.82 Å². The second-order valence-corrected chi connectivity index (χ2v) is 8.94. The standard InChI is InChI=1S/C22H21N7O2S/c1-11-6-4-5-7-15(11)29-16(26-21-14(22(29)31)8-12(2)32-21)9-28-20-17(18(27-28)13(3)30)19(23)24-10-25-20/h4-8,10,13,30H,9H2,1-3H3,(H2,23,24,25)/t13-/m0/s1. The molecule has 162 valence electrons. The molecule has 5 rings (SSSR count). The highest BCUT2D eigenvalue weighted by Crippen LogP contribution is 2.27. The van der Waals surface area contributed by atoms with Gasteiger partial charge in [-0.1, -0.05) is 18.2 Å². The van der Waals surface area contributed by atoms with E-state index in [-0.39, 0.29) is 17.9 Å². The van der Waals surface area contributed by atoms with Gasteiger partial charge < -0.3 is 10.8 Å². The largest absolute Gasteiger partial charge is 0.387 e. The van der Waals surface area contributed by atoms with Crippen LogP contribution >= 0.6 is 11.3 Å². The van der Waals surface area contributed by atoms with Crippen molar-refractivity contribution in [3.63, 3.8) is 0 Å². The maximum atomic E-state index is 13.6. The number of aromatic nitrogens is 6. The Morgan fingerprint density at radius 2 is 2.00 bits per heavy atom. The summed E-state index contributed by atoms with van der Waals surface area (Å²) in [7, 11) is 0. The number of hydrogen-bond acceptors (Lipinski definition) is 8. The number of aliphatic hydroxyl groups is 1. The van der Waals surface area contributed by atoms with Gasteiger partial charge in [0.2, 0.25) is 0 Å². The Morgan fingerprint density at radius 1 is 1.22 bits per heavy atom. The van der Waals surface area contributed by atoms with E-state index in [0.29, 0.717) is 32.8 Å². The van der Waals surface area contributed by atoms with Crippen LogP contribution in [0.15, 0.2) is 41.5 Å². The van der Waals surface area contributed by atoms with Gasteiger partial charge in [-0.25, -0.2) is 19.6 Å². The van der Waals surface area contributed by atoms with E-state index in [2.05, 4.69) is 15.1 Å². The number of rotatable bonds is 4. The van der Waals surface area contributed by atoms with Crippen LogP contribution in [0.5, 0.6) is 0 Å². The van der Waals surface area contributed by atoms with Crippen LogP contribution in [0.1, 0.15) is 35.0 Å². The Labute approximate surface area is 186 Å². The molecule has 0 spiro atoms. The summed E-state index contributed by atoms with van der Waals surface area (Å²) >= 11 is 1.48. The van der Waals surface area contributed by atoms with Crippen LogP contribution in [0.2, 0.25) is 0 Å². The second-order valence-electron chi connectivity index (χ2n) is 7.71. The molecule has 0 unspecified atom stereocenters. The number of aryl methyl sites for hydroxylation is 2. The normalized spacial score (nSPS) is 12.6. The van der Waals surface area contributed by atoms with E-state index in [1.54, 1.807) is 16.2 Å². The second kappa shape index (κ2) is 7.50. The molecule has 32 heavy (non-hydrogen) atoms. The zero-order valence-electron chi connectivity index (χ0n) is 17.8. The van der Waals surface area contributed by atoms with Crippen LogP contribution < -0.4 is 11.3 Å². The van der Waals surface area contributed by atoms with E-state index in [1.165, 1.54) is 17.7 Å². The van der Waals surface area contributed by atoms with E-state index < -0.39 is 6.10 Å². The molecule has 3 N–H and O–H groups in total. The molecule has 0 amide bonds. The molecule has 0 fully saturated rings. The van der Waals surface area contributed by atoms with Gasteiger partial charge in [-0.15, -0.1) is 11.3 Å². The molecule has 1 aromatic carbocycles. The molecule has 9 nitrogen and oxygen atoms in total. The van der Waals surface area contributed by atoms with Crippen molar-refractivity contribution in [3.8, 4) is 5.69 Å². The van der Waals surface area contributed by atoms with Gasteiger partial charge in [-0.05, 0) is 38.5 Å². The number of hydrogen-bond donors (Lipinski definition) is 2. The van der Waals surface area contributed by atoms with Crippen molar-refractivity contribution in [1.82, 2.24) is 29.3 Å². The monoisotopic (exact) mass is 447 g/mol. The summed E-state index contributed by atoms with van der Waals surface area (Å²) in [5.41, 5.74) is 8.49. The zero-order valence-corrected chi connectivity index (χ0v) is 18.6. The summed E-state index contributed by atoms with van der Waals surface area (Å²) in [4.78, 5) is 28.4. The number of nitrogens with zero attached hydrogens (tertiary/aromatic N) is 6. The Kier molecular flexibility index (Phi) is 4.75. The van der Waals surface area contributed by atoms with Crippen LogP contribution in [0, 0.1) is 13.8 Å². The number of aliphatic hydroxyl groups excluding tert-OH is 1. The lowest BCUT2D eigenvalue weighted by molar-refractivity contribution is 0.194. The average molecular weight is 448 g/mol. The molecule has 0 aliphatic carbocycles. The van der Waals surface area contributed by atoms with Crippen molar-refractivity contribution in [2.45, 2.75) is 33.4 Å². The van der Waals surface area contributed by atoms with Crippen LogP contribution in [0.3, 0.4) is 0 Å². The van der Waals surface area contributed by atoms with Gasteiger partial charge in [0.25, 0.3) is 5.56 Å². The van der Waals surface area contributed by atoms with Gasteiger partial charge >= 0.3 is 0 Å². The molecule has 0 bridgehead atoms. The SMILES string of the molecule is Cc1cc2c(=O)n(-c3ccccc3C)c(Cn3nc([C@H](C)O)c4c(N)ncnc43)nc2s1. The maximum absolute atomic E-state index is 13.6. The Hall–Kier alpha value is -3.63. The van der Waals surface area contributed by atoms with E-state index in [1.807, 2.05) is 44.2 Å². The minimum absolute atomic E-state index is 0.134. The van der Waals surface area contributed by atoms with E-state index >= 15 is 0 Å². The fourth-order valence-electron chi connectivity index (χ4n) is 3.91. The number of nitrogens with two attached hydrogens (primary N) is 1. The number of fused-ring (bicyclic) bond motifs is 2. The van der Waals surface area contributed by atoms with Gasteiger partial charge in [-0.3, -0.25) is 9.36 Å². The summed E-state index contributed by atoms with van der Waals surface area (Å²) in [5.74, 6) is 0.753. The molecular formula is C22H21N7O2S. The van der Waals surface area contributed by atoms with Crippen molar-refractivity contribution >= 4 is 38.4 Å². The zero-order chi connectivity index (χ0) is 22.6. The third kappa shape index (κ3) is 3.15. The van der Waals surface area contributed by atoms with Crippen LogP contribution in [0.25, 0.3) is 26.9 Å². The van der Waals surface area contributed by atoms with Crippen molar-refractivity contribution in [2.75, 3.05) is 5.73 Å². The average Bonchev–Trinajstić information content (AvgIpc) is 3.31. The smallest absolute Gasteiger partial charge is 0.266 e. The first kappa shape index (κ1) is 20.3. The number of anilines is 1. The summed E-state index contributed by atoms with van der Waals surface area (Å²) < 4.78 is 3.24. The fourth-order valence-corrected chi connectivity index (χ4v) is 4.80. The predicted molar refractivity (Wildman–Crippen MR) is 124 cm³/mol. The van der Waals surface area contributed by atoms with Gasteiger partial charge in [-0.2, -0.15) is 5.10 Å². The molecule has 4 heterocycles. The van der Waals surface area contributed by atoms with Crippen molar-refractivity contribution in [1.29, 1.82) is 0 Å². The molecular weight excluding hydrogens is 426 g/mol. The Bertz CT molecular complexity index is 1550. The van der Waals surface area contributed by atoms with Gasteiger partial charge in [0.15, 0.2) is 5.65 Å². The first-order valence-electron chi connectivity index (χ1n) is 10.1. The van der Waals surface area contributed by atoms with E-state index in [4.69, 9.17) is 10.7 Å². The first-order valence-corrected chi connectivity index (χ1v) is 10.9. The third-order valence-electron chi connectivity index (χ3n) is 5.39. The van der Waals surface area contributed by atoms with Crippen molar-refractivity contribution in [2.24, 2.45) is 0 Å². The summed E-state index contributed by atoms with van der Waals surface area (Å²) in [6.45, 7) is 5.69. The first-order chi connectivity index (χ1) is 15.3. The number of para-hydroxylation sites is 1. The van der Waals surface area contributed by atoms with Crippen LogP contribution in [-0.2, 0) is 6.54 Å². The predicted octanol–water partition coefficient (Wildman–Crippen LogP) is 2.89. The topological polar surface area (TPSA) is 125 Å². The molecule has 0 aliphatic rings. The third-order valence-corrected chi connectivity index (χ3v) is 6.33. The highest BCUT2D eigenvalue weighted by molar-refractivity contribution is 7.18. The highest BCUT2D eigenvalue weighted by atomic mass is 32.1. The summed E-state index contributed by atoms with van der Waals surface area (Å²) in [6, 6.07) is 9.55. The molecule has 10 heteroatoms. The van der Waals surface area contributed by atoms with Crippen molar-refractivity contribution in [3.05, 3.63) is 69.0 Å². The fraction of sp³-hybridized carbons (Fsp3) is 0.227. The molecule has 0 saturated carbocycles. The molecule has 0 aliphatic heterocycles. The highest BCUT2D eigenvalue weighted by Gasteiger charge is 2.22. The number of thiophene rings is 1. The Morgan fingerprint density at radius 3 is 2.75 bits per heavy atom. The van der Waals surface area contributed by atoms with Gasteiger partial charge in [0.1, 0.15) is 35.0 Å². The molecule has 0 radical (unpaired) electrons. The number of nitrogen functional groups attached to an aromatic ring is 1. The quantitative estimate of drug-likeness (QED) is 0.434. The van der Waals surface area contributed by atoms with E-state index in [9.17, 15) is 9.90 Å². The minimum atomic E-state index is -0.860. The van der Waals surface area contributed by atoms with Gasteiger partial charge in [0, 0.05) is 4.88 Å². The lowest BCUT2D eigenvalue weighted by Crippen LogP contribution is -2.25. The minimum Gasteiger partial charge on any atom is -0.387 e. The van der Waals surface area contributed by atoms with Crippen molar-refractivity contribution < 1.29 is 5.11 Å². The summed E-state index contributed by atoms with van der Waals surface area (Å²) in [5, 5.41) is 15.9.